The van der Waals surface area contributed by atoms with E-state index in [1.807, 2.05) is 48.8 Å². The van der Waals surface area contributed by atoms with Crippen molar-refractivity contribution in [1.82, 2.24) is 15.0 Å². The molecule has 0 atom stereocenters. The third-order valence-electron chi connectivity index (χ3n) is 5.63. The summed E-state index contributed by atoms with van der Waals surface area (Å²) in [6, 6.07) is 24.6. The van der Waals surface area contributed by atoms with Crippen LogP contribution in [0.25, 0.3) is 54.7 Å². The Hall–Kier alpha value is -4.05. The summed E-state index contributed by atoms with van der Waals surface area (Å²) in [6.45, 7) is 0. The van der Waals surface area contributed by atoms with E-state index < -0.39 is 0 Å². The van der Waals surface area contributed by atoms with Crippen LogP contribution >= 0.6 is 0 Å². The second-order valence-electron chi connectivity index (χ2n) is 7.29. The van der Waals surface area contributed by atoms with Gasteiger partial charge in [-0.1, -0.05) is 36.4 Å². The van der Waals surface area contributed by atoms with E-state index in [1.165, 1.54) is 0 Å². The summed E-state index contributed by atoms with van der Waals surface area (Å²) < 4.78 is 5.34. The number of pyridine rings is 3. The predicted molar refractivity (Wildman–Crippen MR) is 122 cm³/mol. The van der Waals surface area contributed by atoms with Crippen LogP contribution in [0.1, 0.15) is 0 Å². The molecule has 4 nitrogen and oxygen atoms in total. The van der Waals surface area contributed by atoms with Crippen molar-refractivity contribution in [3.8, 4) is 17.0 Å². The van der Waals surface area contributed by atoms with Crippen molar-refractivity contribution < 1.29 is 4.74 Å². The third-order valence-corrected chi connectivity index (χ3v) is 5.63. The summed E-state index contributed by atoms with van der Waals surface area (Å²) >= 11 is 0. The summed E-state index contributed by atoms with van der Waals surface area (Å²) in [6.07, 6.45) is 3.67. The molecule has 0 radical (unpaired) electrons. The average molecular weight is 387 g/mol. The van der Waals surface area contributed by atoms with Crippen molar-refractivity contribution in [1.29, 1.82) is 0 Å². The lowest BCUT2D eigenvalue weighted by molar-refractivity contribution is 0.415. The fourth-order valence-corrected chi connectivity index (χ4v) is 4.20. The van der Waals surface area contributed by atoms with Gasteiger partial charge >= 0.3 is 0 Å². The number of hydrogen-bond donors (Lipinski definition) is 0. The summed E-state index contributed by atoms with van der Waals surface area (Å²) in [7, 11) is 1.67. The van der Waals surface area contributed by atoms with Crippen LogP contribution < -0.4 is 4.74 Å². The zero-order chi connectivity index (χ0) is 20.1. The van der Waals surface area contributed by atoms with E-state index in [1.54, 1.807) is 7.11 Å². The number of fused-ring (bicyclic) bond motifs is 7. The first kappa shape index (κ1) is 16.9. The lowest BCUT2D eigenvalue weighted by Crippen LogP contribution is -1.94. The first-order chi connectivity index (χ1) is 14.8. The molecule has 0 unspecified atom stereocenters. The van der Waals surface area contributed by atoms with Gasteiger partial charge < -0.3 is 4.74 Å². The minimum Gasteiger partial charge on any atom is -0.497 e. The topological polar surface area (TPSA) is 47.9 Å². The fourth-order valence-electron chi connectivity index (χ4n) is 4.20. The molecule has 0 saturated heterocycles. The normalized spacial score (nSPS) is 11.5. The molecule has 3 heterocycles. The molecule has 0 aliphatic heterocycles. The van der Waals surface area contributed by atoms with Gasteiger partial charge in [0.25, 0.3) is 0 Å². The minimum absolute atomic E-state index is 0.822. The monoisotopic (exact) mass is 387 g/mol. The smallest absolute Gasteiger partial charge is 0.118 e. The SMILES string of the molecule is COc1ccc(-c2nc3c(ccc4cccnc43)c3c2ccc2cccnc23)cc1. The number of rotatable bonds is 2. The van der Waals surface area contributed by atoms with Crippen molar-refractivity contribution >= 4 is 43.5 Å². The highest BCUT2D eigenvalue weighted by Gasteiger charge is 2.15. The number of methoxy groups -OCH3 is 1. The van der Waals surface area contributed by atoms with Crippen molar-refractivity contribution in [3.05, 3.63) is 85.2 Å². The molecule has 0 fully saturated rings. The second kappa shape index (κ2) is 6.49. The first-order valence-electron chi connectivity index (χ1n) is 9.83. The molecule has 0 amide bonds. The molecule has 0 spiro atoms. The van der Waals surface area contributed by atoms with Crippen molar-refractivity contribution in [2.75, 3.05) is 7.11 Å². The van der Waals surface area contributed by atoms with Gasteiger partial charge in [0, 0.05) is 44.9 Å². The Kier molecular flexibility index (Phi) is 3.65. The van der Waals surface area contributed by atoms with Gasteiger partial charge in [0.2, 0.25) is 0 Å². The van der Waals surface area contributed by atoms with Crippen LogP contribution in [-0.2, 0) is 0 Å². The molecule has 0 aliphatic carbocycles. The minimum atomic E-state index is 0.822. The Labute approximate surface area is 172 Å². The molecule has 3 aromatic heterocycles. The standard InChI is InChI=1S/C26H17N3O/c1-30-19-10-6-18(7-11-19)23-20-12-8-16-4-2-14-27-24(16)22(20)21-13-9-17-5-3-15-28-25(17)26(21)29-23/h2-15H,1H3. The highest BCUT2D eigenvalue weighted by atomic mass is 16.5. The molecular weight excluding hydrogens is 370 g/mol. The quantitative estimate of drug-likeness (QED) is 0.334. The van der Waals surface area contributed by atoms with E-state index in [-0.39, 0.29) is 0 Å². The Morgan fingerprint density at radius 1 is 0.633 bits per heavy atom. The van der Waals surface area contributed by atoms with Gasteiger partial charge in [-0.15, -0.1) is 0 Å². The third kappa shape index (κ3) is 2.44. The van der Waals surface area contributed by atoms with E-state index in [0.717, 1.165) is 60.5 Å². The maximum Gasteiger partial charge on any atom is 0.118 e. The van der Waals surface area contributed by atoms with Crippen molar-refractivity contribution in [2.45, 2.75) is 0 Å². The zero-order valence-corrected chi connectivity index (χ0v) is 16.3. The van der Waals surface area contributed by atoms with E-state index in [2.05, 4.69) is 41.4 Å². The lowest BCUT2D eigenvalue weighted by Gasteiger charge is -2.13. The Balaban J connectivity index is 1.84. The highest BCUT2D eigenvalue weighted by molar-refractivity contribution is 6.24. The Morgan fingerprint density at radius 3 is 2.03 bits per heavy atom. The van der Waals surface area contributed by atoms with E-state index >= 15 is 0 Å². The van der Waals surface area contributed by atoms with Crippen LogP contribution in [0.3, 0.4) is 0 Å². The van der Waals surface area contributed by atoms with Gasteiger partial charge in [-0.05, 0) is 36.4 Å². The van der Waals surface area contributed by atoms with Gasteiger partial charge in [-0.25, -0.2) is 4.98 Å². The van der Waals surface area contributed by atoms with E-state index in [9.17, 15) is 0 Å². The van der Waals surface area contributed by atoms with Gasteiger partial charge in [-0.3, -0.25) is 9.97 Å². The number of hydrogen-bond acceptors (Lipinski definition) is 4. The van der Waals surface area contributed by atoms with Crippen LogP contribution in [0.2, 0.25) is 0 Å². The van der Waals surface area contributed by atoms with E-state index in [0.29, 0.717) is 0 Å². The fraction of sp³-hybridized carbons (Fsp3) is 0.0385. The molecule has 4 heteroatoms. The Bertz CT molecular complexity index is 1570. The molecule has 30 heavy (non-hydrogen) atoms. The summed E-state index contributed by atoms with van der Waals surface area (Å²) in [5.74, 6) is 0.822. The predicted octanol–water partition coefficient (Wildman–Crippen LogP) is 6.16. The average Bonchev–Trinajstić information content (AvgIpc) is 2.83. The zero-order valence-electron chi connectivity index (χ0n) is 16.3. The largest absolute Gasteiger partial charge is 0.497 e. The number of aromatic nitrogens is 3. The molecule has 6 aromatic rings. The molecule has 0 bridgehead atoms. The maximum absolute atomic E-state index is 5.34. The van der Waals surface area contributed by atoms with Crippen LogP contribution in [0.4, 0.5) is 0 Å². The van der Waals surface area contributed by atoms with Gasteiger partial charge in [-0.2, -0.15) is 0 Å². The number of nitrogens with zero attached hydrogens (tertiary/aromatic N) is 3. The van der Waals surface area contributed by atoms with Gasteiger partial charge in [0.15, 0.2) is 0 Å². The van der Waals surface area contributed by atoms with Crippen LogP contribution in [0.5, 0.6) is 5.75 Å². The molecule has 0 saturated carbocycles. The molecule has 3 aromatic carbocycles. The first-order valence-corrected chi connectivity index (χ1v) is 9.83. The molecule has 0 aliphatic rings. The van der Waals surface area contributed by atoms with Crippen LogP contribution in [-0.4, -0.2) is 22.1 Å². The summed E-state index contributed by atoms with van der Waals surface area (Å²) in [5, 5.41) is 5.44. The summed E-state index contributed by atoms with van der Waals surface area (Å²) in [5.41, 5.74) is 4.73. The molecular formula is C26H17N3O. The van der Waals surface area contributed by atoms with Crippen LogP contribution in [0.15, 0.2) is 85.2 Å². The number of ether oxygens (including phenoxy) is 1. The molecule has 6 rings (SSSR count). The van der Waals surface area contributed by atoms with Crippen LogP contribution in [0, 0.1) is 0 Å². The van der Waals surface area contributed by atoms with Gasteiger partial charge in [0.1, 0.15) is 5.75 Å². The number of benzene rings is 3. The van der Waals surface area contributed by atoms with E-state index in [4.69, 9.17) is 14.7 Å². The maximum atomic E-state index is 5.34. The van der Waals surface area contributed by atoms with Crippen molar-refractivity contribution in [2.24, 2.45) is 0 Å². The summed E-state index contributed by atoms with van der Waals surface area (Å²) in [4.78, 5) is 14.5. The molecule has 0 N–H and O–H groups in total. The van der Waals surface area contributed by atoms with Gasteiger partial charge in [0.05, 0.1) is 29.4 Å². The Morgan fingerprint density at radius 2 is 1.30 bits per heavy atom. The van der Waals surface area contributed by atoms with Crippen molar-refractivity contribution in [3.63, 3.8) is 0 Å². The molecule has 142 valence electrons. The highest BCUT2D eigenvalue weighted by Crippen LogP contribution is 2.38. The second-order valence-corrected chi connectivity index (χ2v) is 7.29. The lowest BCUT2D eigenvalue weighted by atomic mass is 9.96.